The molecule has 1 amide bonds. The summed E-state index contributed by atoms with van der Waals surface area (Å²) in [5.41, 5.74) is 1.41. The number of amides is 1. The molecule has 0 unspecified atom stereocenters. The van der Waals surface area contributed by atoms with Gasteiger partial charge in [0.15, 0.2) is 0 Å². The quantitative estimate of drug-likeness (QED) is 0.880. The summed E-state index contributed by atoms with van der Waals surface area (Å²) in [7, 11) is 0. The molecule has 0 spiro atoms. The molecule has 0 radical (unpaired) electrons. The largest absolute Gasteiger partial charge is 0.488 e. The Labute approximate surface area is 141 Å². The van der Waals surface area contributed by atoms with Crippen molar-refractivity contribution >= 4 is 5.91 Å². The van der Waals surface area contributed by atoms with Crippen LogP contribution in [0.15, 0.2) is 48.5 Å². The predicted octanol–water partition coefficient (Wildman–Crippen LogP) is 4.47. The summed E-state index contributed by atoms with van der Waals surface area (Å²) >= 11 is 0. The average molecular weight is 327 g/mol. The second kappa shape index (κ2) is 7.95. The second-order valence-electron chi connectivity index (χ2n) is 6.22. The first-order valence-electron chi connectivity index (χ1n) is 8.49. The predicted molar refractivity (Wildman–Crippen MR) is 91.5 cm³/mol. The Bertz CT molecular complexity index is 678. The van der Waals surface area contributed by atoms with Crippen molar-refractivity contribution in [3.63, 3.8) is 0 Å². The van der Waals surface area contributed by atoms with Crippen molar-refractivity contribution in [1.82, 2.24) is 5.32 Å². The Morgan fingerprint density at radius 1 is 1.04 bits per heavy atom. The first-order chi connectivity index (χ1) is 11.7. The Morgan fingerprint density at radius 2 is 1.75 bits per heavy atom. The molecule has 0 aromatic heterocycles. The van der Waals surface area contributed by atoms with Gasteiger partial charge in [-0.25, -0.2) is 4.39 Å². The Morgan fingerprint density at radius 3 is 2.50 bits per heavy atom. The maximum atomic E-state index is 12.9. The van der Waals surface area contributed by atoms with Gasteiger partial charge in [-0.3, -0.25) is 4.79 Å². The van der Waals surface area contributed by atoms with Crippen LogP contribution in [0.3, 0.4) is 0 Å². The second-order valence-corrected chi connectivity index (χ2v) is 6.22. The molecule has 1 N–H and O–H groups in total. The normalized spacial score (nSPS) is 15.0. The molecule has 0 aliphatic heterocycles. The lowest BCUT2D eigenvalue weighted by Crippen LogP contribution is -2.36. The van der Waals surface area contributed by atoms with E-state index < -0.39 is 0 Å². The summed E-state index contributed by atoms with van der Waals surface area (Å²) in [6.07, 6.45) is 5.69. The zero-order valence-electron chi connectivity index (χ0n) is 13.6. The number of rotatable bonds is 5. The van der Waals surface area contributed by atoms with Crippen LogP contribution in [0.1, 0.15) is 48.0 Å². The highest BCUT2D eigenvalue weighted by molar-refractivity contribution is 5.97. The van der Waals surface area contributed by atoms with Crippen LogP contribution < -0.4 is 10.1 Å². The monoisotopic (exact) mass is 327 g/mol. The van der Waals surface area contributed by atoms with Crippen LogP contribution >= 0.6 is 0 Å². The van der Waals surface area contributed by atoms with E-state index in [1.807, 2.05) is 12.1 Å². The van der Waals surface area contributed by atoms with E-state index in [0.717, 1.165) is 18.4 Å². The van der Waals surface area contributed by atoms with Gasteiger partial charge < -0.3 is 10.1 Å². The molecule has 0 atom stereocenters. The van der Waals surface area contributed by atoms with Gasteiger partial charge >= 0.3 is 0 Å². The number of hydrogen-bond donors (Lipinski definition) is 1. The fourth-order valence-electron chi connectivity index (χ4n) is 3.03. The minimum atomic E-state index is -0.272. The van der Waals surface area contributed by atoms with E-state index in [4.69, 9.17) is 4.74 Å². The Balaban J connectivity index is 1.65. The highest BCUT2D eigenvalue weighted by atomic mass is 19.1. The van der Waals surface area contributed by atoms with Crippen LogP contribution in [0, 0.1) is 5.82 Å². The number of carbonyl (C=O) groups excluding carboxylic acids is 1. The molecule has 24 heavy (non-hydrogen) atoms. The van der Waals surface area contributed by atoms with Crippen molar-refractivity contribution < 1.29 is 13.9 Å². The van der Waals surface area contributed by atoms with Gasteiger partial charge in [0.2, 0.25) is 0 Å². The van der Waals surface area contributed by atoms with Gasteiger partial charge in [-0.05, 0) is 42.7 Å². The van der Waals surface area contributed by atoms with Gasteiger partial charge in [0.25, 0.3) is 5.91 Å². The third kappa shape index (κ3) is 4.34. The zero-order valence-corrected chi connectivity index (χ0v) is 13.6. The summed E-state index contributed by atoms with van der Waals surface area (Å²) < 4.78 is 18.7. The SMILES string of the molecule is O=C(NC1CCCCC1)c1ccccc1OCc1ccc(F)cc1. The van der Waals surface area contributed by atoms with E-state index in [1.54, 1.807) is 24.3 Å². The molecule has 126 valence electrons. The molecular formula is C20H22FNO2. The standard InChI is InChI=1S/C20H22FNO2/c21-16-12-10-15(11-13-16)14-24-19-9-5-4-8-18(19)20(23)22-17-6-2-1-3-7-17/h4-5,8-13,17H,1-3,6-7,14H2,(H,22,23). The minimum absolute atomic E-state index is 0.0865. The van der Waals surface area contributed by atoms with Crippen LogP contribution in [0.5, 0.6) is 5.75 Å². The number of carbonyl (C=O) groups is 1. The van der Waals surface area contributed by atoms with Gasteiger partial charge in [0.05, 0.1) is 5.56 Å². The van der Waals surface area contributed by atoms with Crippen LogP contribution in [0.25, 0.3) is 0 Å². The molecule has 3 nitrogen and oxygen atoms in total. The molecule has 1 saturated carbocycles. The van der Waals surface area contributed by atoms with E-state index in [0.29, 0.717) is 17.9 Å². The lowest BCUT2D eigenvalue weighted by molar-refractivity contribution is 0.0923. The molecular weight excluding hydrogens is 305 g/mol. The topological polar surface area (TPSA) is 38.3 Å². The van der Waals surface area contributed by atoms with Crippen LogP contribution in [-0.4, -0.2) is 11.9 Å². The number of nitrogens with one attached hydrogen (secondary N) is 1. The Hall–Kier alpha value is -2.36. The van der Waals surface area contributed by atoms with Gasteiger partial charge in [-0.2, -0.15) is 0 Å². The maximum Gasteiger partial charge on any atom is 0.255 e. The van der Waals surface area contributed by atoms with E-state index in [9.17, 15) is 9.18 Å². The molecule has 3 rings (SSSR count). The van der Waals surface area contributed by atoms with Crippen molar-refractivity contribution in [2.75, 3.05) is 0 Å². The van der Waals surface area contributed by atoms with Gasteiger partial charge in [-0.15, -0.1) is 0 Å². The molecule has 1 fully saturated rings. The van der Waals surface area contributed by atoms with Crippen LogP contribution in [0.2, 0.25) is 0 Å². The third-order valence-corrected chi connectivity index (χ3v) is 4.38. The van der Waals surface area contributed by atoms with E-state index in [1.165, 1.54) is 31.4 Å². The number of benzene rings is 2. The fourth-order valence-corrected chi connectivity index (χ4v) is 3.03. The van der Waals surface area contributed by atoms with E-state index in [2.05, 4.69) is 5.32 Å². The van der Waals surface area contributed by atoms with E-state index in [-0.39, 0.29) is 17.8 Å². The van der Waals surface area contributed by atoms with Crippen molar-refractivity contribution in [2.24, 2.45) is 0 Å². The molecule has 2 aromatic rings. The number of hydrogen-bond acceptors (Lipinski definition) is 2. The molecule has 1 aliphatic carbocycles. The van der Waals surface area contributed by atoms with Crippen molar-refractivity contribution in [3.05, 3.63) is 65.5 Å². The average Bonchev–Trinajstić information content (AvgIpc) is 2.62. The highest BCUT2D eigenvalue weighted by Gasteiger charge is 2.18. The highest BCUT2D eigenvalue weighted by Crippen LogP contribution is 2.22. The molecule has 4 heteroatoms. The van der Waals surface area contributed by atoms with Crippen LogP contribution in [0.4, 0.5) is 4.39 Å². The smallest absolute Gasteiger partial charge is 0.255 e. The molecule has 0 bridgehead atoms. The maximum absolute atomic E-state index is 12.9. The molecule has 0 heterocycles. The van der Waals surface area contributed by atoms with Gasteiger partial charge in [0.1, 0.15) is 18.2 Å². The third-order valence-electron chi connectivity index (χ3n) is 4.38. The minimum Gasteiger partial charge on any atom is -0.488 e. The number of para-hydroxylation sites is 1. The lowest BCUT2D eigenvalue weighted by atomic mass is 9.95. The summed E-state index contributed by atoms with van der Waals surface area (Å²) in [6, 6.07) is 13.7. The first-order valence-corrected chi connectivity index (χ1v) is 8.49. The molecule has 0 saturated heterocycles. The molecule has 1 aliphatic rings. The summed E-state index contributed by atoms with van der Waals surface area (Å²) in [5.74, 6) is 0.192. The van der Waals surface area contributed by atoms with E-state index >= 15 is 0 Å². The Kier molecular flexibility index (Phi) is 5.47. The summed E-state index contributed by atoms with van der Waals surface area (Å²) in [6.45, 7) is 0.300. The van der Waals surface area contributed by atoms with Crippen LogP contribution in [-0.2, 0) is 6.61 Å². The lowest BCUT2D eigenvalue weighted by Gasteiger charge is -2.23. The van der Waals surface area contributed by atoms with Gasteiger partial charge in [-0.1, -0.05) is 43.5 Å². The van der Waals surface area contributed by atoms with Crippen molar-refractivity contribution in [3.8, 4) is 5.75 Å². The zero-order chi connectivity index (χ0) is 16.8. The fraction of sp³-hybridized carbons (Fsp3) is 0.350. The van der Waals surface area contributed by atoms with Gasteiger partial charge in [0, 0.05) is 6.04 Å². The van der Waals surface area contributed by atoms with Crippen molar-refractivity contribution in [2.45, 2.75) is 44.8 Å². The molecule has 2 aromatic carbocycles. The number of ether oxygens (including phenoxy) is 1. The summed E-state index contributed by atoms with van der Waals surface area (Å²) in [5, 5.41) is 3.11. The van der Waals surface area contributed by atoms with Crippen molar-refractivity contribution in [1.29, 1.82) is 0 Å². The summed E-state index contributed by atoms with van der Waals surface area (Å²) in [4.78, 5) is 12.5. The first kappa shape index (κ1) is 16.5. The number of halogens is 1.